The molecule has 172 valence electrons. The SMILES string of the molecule is CC(=O)OC1=CC2CN(S(=O)(=O)c3ccc(C)cc3)CC2=C(c2ccc(Br)cc2)C1=C(C)C. The summed E-state index contributed by atoms with van der Waals surface area (Å²) < 4.78 is 35.0. The van der Waals surface area contributed by atoms with Crippen molar-refractivity contribution in [2.75, 3.05) is 13.1 Å². The van der Waals surface area contributed by atoms with Gasteiger partial charge in [-0.3, -0.25) is 4.79 Å². The monoisotopic (exact) mass is 527 g/mol. The van der Waals surface area contributed by atoms with Crippen molar-refractivity contribution in [1.29, 1.82) is 0 Å². The maximum atomic E-state index is 13.4. The van der Waals surface area contributed by atoms with E-state index in [1.807, 2.05) is 63.2 Å². The standard InChI is InChI=1S/C26H26BrNO4S/c1-16(2)25-24(32-18(4)29)13-20-14-28(33(30,31)22-11-5-17(3)6-12-22)15-23(20)26(25)19-7-9-21(27)10-8-19/h5-13,20H,14-15H2,1-4H3. The summed E-state index contributed by atoms with van der Waals surface area (Å²) in [5.41, 5.74) is 5.75. The van der Waals surface area contributed by atoms with Crippen LogP contribution in [0.2, 0.25) is 0 Å². The number of halogens is 1. The summed E-state index contributed by atoms with van der Waals surface area (Å²) in [6.45, 7) is 7.84. The van der Waals surface area contributed by atoms with E-state index < -0.39 is 16.0 Å². The highest BCUT2D eigenvalue weighted by molar-refractivity contribution is 9.10. The van der Waals surface area contributed by atoms with E-state index in [1.54, 1.807) is 12.1 Å². The van der Waals surface area contributed by atoms with Gasteiger partial charge in [-0.1, -0.05) is 51.3 Å². The first-order valence-electron chi connectivity index (χ1n) is 10.7. The molecule has 2 aromatic carbocycles. The van der Waals surface area contributed by atoms with Gasteiger partial charge < -0.3 is 4.74 Å². The van der Waals surface area contributed by atoms with Gasteiger partial charge in [-0.05, 0) is 67.8 Å². The zero-order valence-electron chi connectivity index (χ0n) is 19.1. The molecular formula is C26H26BrNO4S. The van der Waals surface area contributed by atoms with E-state index >= 15 is 0 Å². The summed E-state index contributed by atoms with van der Waals surface area (Å²) in [6.07, 6.45) is 1.89. The predicted molar refractivity (Wildman–Crippen MR) is 133 cm³/mol. The molecule has 1 heterocycles. The van der Waals surface area contributed by atoms with E-state index in [0.29, 0.717) is 12.3 Å². The maximum absolute atomic E-state index is 13.4. The average molecular weight is 528 g/mol. The lowest BCUT2D eigenvalue weighted by molar-refractivity contribution is -0.136. The van der Waals surface area contributed by atoms with Gasteiger partial charge in [-0.15, -0.1) is 0 Å². The van der Waals surface area contributed by atoms with Crippen LogP contribution in [-0.4, -0.2) is 31.8 Å². The number of carbonyl (C=O) groups is 1. The van der Waals surface area contributed by atoms with Gasteiger partial charge in [-0.25, -0.2) is 8.42 Å². The molecular weight excluding hydrogens is 502 g/mol. The third-order valence-corrected chi connectivity index (χ3v) is 8.26. The van der Waals surface area contributed by atoms with Crippen LogP contribution in [0.3, 0.4) is 0 Å². The second kappa shape index (κ2) is 9.05. The number of ether oxygens (including phenoxy) is 1. The van der Waals surface area contributed by atoms with E-state index in [0.717, 1.165) is 37.9 Å². The summed E-state index contributed by atoms with van der Waals surface area (Å²) >= 11 is 3.48. The summed E-state index contributed by atoms with van der Waals surface area (Å²) in [4.78, 5) is 12.2. The number of aryl methyl sites for hydroxylation is 1. The Bertz CT molecular complexity index is 1300. The summed E-state index contributed by atoms with van der Waals surface area (Å²) in [6, 6.07) is 14.8. The molecule has 1 fully saturated rings. The minimum atomic E-state index is -3.67. The minimum absolute atomic E-state index is 0.179. The van der Waals surface area contributed by atoms with Gasteiger partial charge in [0.15, 0.2) is 0 Å². The van der Waals surface area contributed by atoms with Crippen LogP contribution in [-0.2, 0) is 19.6 Å². The second-order valence-electron chi connectivity index (χ2n) is 8.62. The Kier molecular flexibility index (Phi) is 6.49. The predicted octanol–water partition coefficient (Wildman–Crippen LogP) is 5.63. The van der Waals surface area contributed by atoms with Crippen LogP contribution in [0.5, 0.6) is 0 Å². The smallest absolute Gasteiger partial charge is 0.308 e. The van der Waals surface area contributed by atoms with Crippen molar-refractivity contribution >= 4 is 37.5 Å². The van der Waals surface area contributed by atoms with Crippen LogP contribution < -0.4 is 0 Å². The van der Waals surface area contributed by atoms with Gasteiger partial charge >= 0.3 is 5.97 Å². The zero-order chi connectivity index (χ0) is 23.9. The number of fused-ring (bicyclic) bond motifs is 1. The zero-order valence-corrected chi connectivity index (χ0v) is 21.5. The topological polar surface area (TPSA) is 63.7 Å². The summed E-state index contributed by atoms with van der Waals surface area (Å²) in [5.74, 6) is -0.0918. The molecule has 7 heteroatoms. The number of allylic oxidation sites excluding steroid dienone is 2. The molecule has 1 aliphatic carbocycles. The Morgan fingerprint density at radius 1 is 1.03 bits per heavy atom. The van der Waals surface area contributed by atoms with Gasteiger partial charge in [0.25, 0.3) is 0 Å². The van der Waals surface area contributed by atoms with Gasteiger partial charge in [0.05, 0.1) is 4.90 Å². The lowest BCUT2D eigenvalue weighted by Gasteiger charge is -2.26. The number of carbonyl (C=O) groups excluding carboxylic acids is 1. The number of rotatable bonds is 4. The van der Waals surface area contributed by atoms with E-state index in [4.69, 9.17) is 4.74 Å². The molecule has 33 heavy (non-hydrogen) atoms. The maximum Gasteiger partial charge on any atom is 0.308 e. The van der Waals surface area contributed by atoms with Gasteiger partial charge in [-0.2, -0.15) is 4.31 Å². The van der Waals surface area contributed by atoms with Crippen LogP contribution in [0.15, 0.2) is 86.5 Å². The number of nitrogens with zero attached hydrogens (tertiary/aromatic N) is 1. The van der Waals surface area contributed by atoms with Crippen LogP contribution >= 0.6 is 15.9 Å². The third-order valence-electron chi connectivity index (χ3n) is 5.91. The second-order valence-corrected chi connectivity index (χ2v) is 11.5. The van der Waals surface area contributed by atoms with Crippen molar-refractivity contribution in [2.24, 2.45) is 5.92 Å². The van der Waals surface area contributed by atoms with E-state index in [-0.39, 0.29) is 17.4 Å². The Morgan fingerprint density at radius 3 is 2.24 bits per heavy atom. The first kappa shape index (κ1) is 23.7. The van der Waals surface area contributed by atoms with Crippen molar-refractivity contribution in [2.45, 2.75) is 32.6 Å². The number of benzene rings is 2. The molecule has 5 nitrogen and oxygen atoms in total. The van der Waals surface area contributed by atoms with Crippen LogP contribution in [0.1, 0.15) is 31.9 Å². The van der Waals surface area contributed by atoms with Crippen molar-refractivity contribution < 1.29 is 17.9 Å². The molecule has 0 aromatic heterocycles. The van der Waals surface area contributed by atoms with Crippen molar-refractivity contribution in [3.63, 3.8) is 0 Å². The molecule has 0 bridgehead atoms. The molecule has 0 amide bonds. The van der Waals surface area contributed by atoms with Gasteiger partial charge in [0, 0.05) is 36.0 Å². The highest BCUT2D eigenvalue weighted by atomic mass is 79.9. The molecule has 0 saturated carbocycles. The van der Waals surface area contributed by atoms with E-state index in [2.05, 4.69) is 15.9 Å². The summed E-state index contributed by atoms with van der Waals surface area (Å²) in [7, 11) is -3.67. The molecule has 1 aliphatic heterocycles. The molecule has 1 saturated heterocycles. The molecule has 2 aliphatic rings. The first-order chi connectivity index (χ1) is 15.6. The van der Waals surface area contributed by atoms with E-state index in [1.165, 1.54) is 11.2 Å². The Morgan fingerprint density at radius 2 is 1.67 bits per heavy atom. The Labute approximate surface area is 203 Å². The van der Waals surface area contributed by atoms with Crippen molar-refractivity contribution in [1.82, 2.24) is 4.31 Å². The molecule has 0 spiro atoms. The molecule has 4 rings (SSSR count). The summed E-state index contributed by atoms with van der Waals surface area (Å²) in [5, 5.41) is 0. The average Bonchev–Trinajstić information content (AvgIpc) is 3.18. The highest BCUT2D eigenvalue weighted by Gasteiger charge is 2.40. The minimum Gasteiger partial charge on any atom is -0.426 e. The fourth-order valence-electron chi connectivity index (χ4n) is 4.39. The van der Waals surface area contributed by atoms with E-state index in [9.17, 15) is 13.2 Å². The largest absolute Gasteiger partial charge is 0.426 e. The number of sulfonamides is 1. The van der Waals surface area contributed by atoms with Crippen LogP contribution in [0.25, 0.3) is 5.57 Å². The normalized spacial score (nSPS) is 18.8. The molecule has 0 N–H and O–H groups in total. The fourth-order valence-corrected chi connectivity index (χ4v) is 6.10. The van der Waals surface area contributed by atoms with Gasteiger partial charge in [0.1, 0.15) is 5.76 Å². The van der Waals surface area contributed by atoms with Crippen molar-refractivity contribution in [3.05, 3.63) is 92.7 Å². The first-order valence-corrected chi connectivity index (χ1v) is 13.0. The quantitative estimate of drug-likeness (QED) is 0.483. The molecule has 0 radical (unpaired) electrons. The molecule has 2 aromatic rings. The molecule has 1 unspecified atom stereocenters. The number of hydrogen-bond acceptors (Lipinski definition) is 4. The lowest BCUT2D eigenvalue weighted by Crippen LogP contribution is -2.28. The highest BCUT2D eigenvalue weighted by Crippen LogP contribution is 2.45. The Balaban J connectivity index is 1.86. The number of esters is 1. The lowest BCUT2D eigenvalue weighted by atomic mass is 9.80. The van der Waals surface area contributed by atoms with Crippen LogP contribution in [0, 0.1) is 12.8 Å². The number of hydrogen-bond donors (Lipinski definition) is 0. The van der Waals surface area contributed by atoms with Crippen molar-refractivity contribution in [3.8, 4) is 0 Å². The fraction of sp³-hybridized carbons (Fsp3) is 0.269. The Hall–Kier alpha value is -2.48. The van der Waals surface area contributed by atoms with Crippen LogP contribution in [0.4, 0.5) is 0 Å². The third kappa shape index (κ3) is 4.63. The van der Waals surface area contributed by atoms with Gasteiger partial charge in [0.2, 0.25) is 10.0 Å². The molecule has 1 atom stereocenters.